The molecule has 0 saturated carbocycles. The quantitative estimate of drug-likeness (QED) is 0.201. The molecule has 3 aliphatic rings. The zero-order chi connectivity index (χ0) is 37.8. The molecule has 4 rings (SSSR count). The van der Waals surface area contributed by atoms with Crippen molar-refractivity contribution in [1.82, 2.24) is 10.2 Å². The standard InChI is InChI=1S/C35H49ClN4O11/c1-19-10-9-11-26(47-8)35(45)18-25(49-33(44)38-35)20(2)31-34(4,51-31)27(50-32(43)21(3)39(5)28(41)12-13-48-37)17-29(42)40(6)23-15-22(14-19)16-24(46-7)30(23)36/h9-11,15-16,20-21,25-27,31,45H,12-14,17-18,37H2,1-8H3,(H,38,44)/b11-9+,19-10+/t20-,21?,25+,26-,27+,31+,34+,35+/m1/s1. The summed E-state index contributed by atoms with van der Waals surface area (Å²) in [7, 11) is 5.91. The zero-order valence-electron chi connectivity index (χ0n) is 30.3. The zero-order valence-corrected chi connectivity index (χ0v) is 31.0. The molecule has 16 heteroatoms. The van der Waals surface area contributed by atoms with Crippen molar-refractivity contribution in [1.29, 1.82) is 0 Å². The van der Waals surface area contributed by atoms with Crippen LogP contribution in [-0.2, 0) is 44.6 Å². The van der Waals surface area contributed by atoms with E-state index < -0.39 is 71.6 Å². The number of carbonyl (C=O) groups is 4. The minimum Gasteiger partial charge on any atom is -0.495 e. The lowest BCUT2D eigenvalue weighted by molar-refractivity contribution is -0.162. The molecule has 282 valence electrons. The number of ether oxygens (including phenoxy) is 5. The van der Waals surface area contributed by atoms with Crippen LogP contribution in [0, 0.1) is 5.92 Å². The third-order valence-corrected chi connectivity index (χ3v) is 10.3. The fourth-order valence-corrected chi connectivity index (χ4v) is 6.85. The number of esters is 1. The third-order valence-electron chi connectivity index (χ3n) is 9.96. The smallest absolute Gasteiger partial charge is 0.409 e. The van der Waals surface area contributed by atoms with Crippen LogP contribution in [0.2, 0.25) is 5.02 Å². The summed E-state index contributed by atoms with van der Waals surface area (Å²) in [5, 5.41) is 14.4. The molecule has 0 radical (unpaired) electrons. The molecule has 4 N–H and O–H groups in total. The molecular weight excluding hydrogens is 688 g/mol. The first-order valence-electron chi connectivity index (χ1n) is 16.7. The molecule has 0 aromatic heterocycles. The Morgan fingerprint density at radius 1 is 1.27 bits per heavy atom. The molecule has 1 aromatic rings. The highest BCUT2D eigenvalue weighted by atomic mass is 35.5. The van der Waals surface area contributed by atoms with Gasteiger partial charge in [-0.05, 0) is 44.9 Å². The van der Waals surface area contributed by atoms with E-state index in [1.165, 1.54) is 38.0 Å². The average Bonchev–Trinajstić information content (AvgIpc) is 3.79. The number of nitrogens with one attached hydrogen (secondary N) is 1. The van der Waals surface area contributed by atoms with Crippen molar-refractivity contribution < 1.29 is 52.8 Å². The first-order valence-corrected chi connectivity index (χ1v) is 17.0. The Morgan fingerprint density at radius 2 is 1.98 bits per heavy atom. The molecule has 0 spiro atoms. The fraction of sp³-hybridized carbons (Fsp3) is 0.600. The van der Waals surface area contributed by atoms with Gasteiger partial charge in [-0.15, -0.1) is 0 Å². The summed E-state index contributed by atoms with van der Waals surface area (Å²) in [4.78, 5) is 60.1. The summed E-state index contributed by atoms with van der Waals surface area (Å²) in [6, 6.07) is 2.52. The Morgan fingerprint density at radius 3 is 2.63 bits per heavy atom. The number of anilines is 1. The van der Waals surface area contributed by atoms with Gasteiger partial charge in [0.2, 0.25) is 11.8 Å². The highest BCUT2D eigenvalue weighted by molar-refractivity contribution is 6.35. The van der Waals surface area contributed by atoms with Crippen LogP contribution >= 0.6 is 11.6 Å². The molecule has 3 amide bonds. The number of nitrogens with zero attached hydrogens (tertiary/aromatic N) is 2. The van der Waals surface area contributed by atoms with Gasteiger partial charge in [0, 0.05) is 33.5 Å². The van der Waals surface area contributed by atoms with E-state index in [0.29, 0.717) is 17.9 Å². The number of nitrogens with two attached hydrogens (primary N) is 1. The van der Waals surface area contributed by atoms with Crippen molar-refractivity contribution >= 4 is 41.2 Å². The summed E-state index contributed by atoms with van der Waals surface area (Å²) in [6.45, 7) is 6.85. The molecular formula is C35H49ClN4O11. The van der Waals surface area contributed by atoms with Gasteiger partial charge in [0.15, 0.2) is 5.72 Å². The van der Waals surface area contributed by atoms with Crippen molar-refractivity contribution in [3.8, 4) is 5.75 Å². The largest absolute Gasteiger partial charge is 0.495 e. The normalized spacial score (nSPS) is 31.9. The SMILES string of the molecule is COc1cc2cc(c1Cl)N(C)C(=O)C[C@H](OC(=O)C(C)N(C)C(=O)CCON)[C@]1(C)O[C@H]1[C@H](C)[C@@H]1C[C@@](O)(NC(=O)O1)[C@H](OC)/C=C/C=C(\C)C2. The number of carbonyl (C=O) groups excluding carboxylic acids is 4. The van der Waals surface area contributed by atoms with Gasteiger partial charge in [0.1, 0.15) is 40.7 Å². The van der Waals surface area contributed by atoms with Gasteiger partial charge < -0.3 is 43.4 Å². The second-order valence-electron chi connectivity index (χ2n) is 13.5. The summed E-state index contributed by atoms with van der Waals surface area (Å²) >= 11 is 6.73. The monoisotopic (exact) mass is 736 g/mol. The van der Waals surface area contributed by atoms with Gasteiger partial charge in [-0.3, -0.25) is 14.9 Å². The predicted molar refractivity (Wildman–Crippen MR) is 186 cm³/mol. The number of hydrogen-bond donors (Lipinski definition) is 3. The van der Waals surface area contributed by atoms with E-state index >= 15 is 0 Å². The molecule has 1 aromatic carbocycles. The molecule has 0 aliphatic carbocycles. The number of amides is 3. The van der Waals surface area contributed by atoms with E-state index in [1.54, 1.807) is 45.2 Å². The lowest BCUT2D eigenvalue weighted by atomic mass is 9.83. The van der Waals surface area contributed by atoms with E-state index in [0.717, 1.165) is 11.1 Å². The third kappa shape index (κ3) is 8.84. The number of alkyl carbamates (subject to hydrolysis) is 1. The van der Waals surface area contributed by atoms with Crippen molar-refractivity contribution in [3.05, 3.63) is 46.5 Å². The summed E-state index contributed by atoms with van der Waals surface area (Å²) in [5.74, 6) is 3.25. The Balaban J connectivity index is 1.76. The van der Waals surface area contributed by atoms with Crippen molar-refractivity contribution in [2.45, 2.75) is 95.2 Å². The summed E-state index contributed by atoms with van der Waals surface area (Å²) < 4.78 is 29.0. The van der Waals surface area contributed by atoms with Gasteiger partial charge in [-0.1, -0.05) is 42.3 Å². The molecule has 2 saturated heterocycles. The Bertz CT molecular complexity index is 1560. The summed E-state index contributed by atoms with van der Waals surface area (Å²) in [5.41, 5.74) is -0.973. The number of fused-ring (bicyclic) bond motifs is 5. The summed E-state index contributed by atoms with van der Waals surface area (Å²) in [6.07, 6.45) is 0.744. The Kier molecular flexibility index (Phi) is 12.8. The molecule has 51 heavy (non-hydrogen) atoms. The van der Waals surface area contributed by atoms with Crippen LogP contribution in [0.3, 0.4) is 0 Å². The number of benzene rings is 1. The number of hydrogen-bond acceptors (Lipinski definition) is 12. The molecule has 4 bridgehead atoms. The number of methoxy groups -OCH3 is 2. The number of epoxide rings is 1. The lowest BCUT2D eigenvalue weighted by Crippen LogP contribution is -2.63. The van der Waals surface area contributed by atoms with Crippen molar-refractivity contribution in [2.75, 3.05) is 39.8 Å². The predicted octanol–water partition coefficient (Wildman–Crippen LogP) is 2.79. The Hall–Kier alpha value is -3.73. The number of allylic oxidation sites excluding steroid dienone is 3. The molecule has 3 heterocycles. The minimum atomic E-state index is -1.83. The van der Waals surface area contributed by atoms with E-state index in [9.17, 15) is 24.3 Å². The molecule has 1 unspecified atom stereocenters. The number of likely N-dealkylation sites (N-methyl/N-ethyl adjacent to an activating group) is 1. The van der Waals surface area contributed by atoms with Crippen LogP contribution in [0.25, 0.3) is 0 Å². The van der Waals surface area contributed by atoms with Gasteiger partial charge in [-0.2, -0.15) is 0 Å². The molecule has 2 fully saturated rings. The van der Waals surface area contributed by atoms with Crippen LogP contribution in [0.4, 0.5) is 10.5 Å². The van der Waals surface area contributed by atoms with Crippen LogP contribution in [-0.4, -0.2) is 111 Å². The second-order valence-corrected chi connectivity index (χ2v) is 13.9. The van der Waals surface area contributed by atoms with Crippen molar-refractivity contribution in [3.63, 3.8) is 0 Å². The van der Waals surface area contributed by atoms with Gasteiger partial charge in [0.25, 0.3) is 0 Å². The number of halogens is 1. The second kappa shape index (κ2) is 16.3. The highest BCUT2D eigenvalue weighted by Gasteiger charge is 2.64. The maximum atomic E-state index is 14.1. The van der Waals surface area contributed by atoms with E-state index in [4.69, 9.17) is 41.2 Å². The maximum absolute atomic E-state index is 14.1. The van der Waals surface area contributed by atoms with Crippen LogP contribution < -0.4 is 20.9 Å². The van der Waals surface area contributed by atoms with Crippen LogP contribution in [0.5, 0.6) is 5.75 Å². The van der Waals surface area contributed by atoms with Crippen molar-refractivity contribution in [2.24, 2.45) is 11.8 Å². The topological polar surface area (TPSA) is 192 Å². The van der Waals surface area contributed by atoms with E-state index in [-0.39, 0.29) is 30.9 Å². The first kappa shape index (κ1) is 40.0. The van der Waals surface area contributed by atoms with E-state index in [2.05, 4.69) is 10.2 Å². The Labute approximate surface area is 302 Å². The first-order chi connectivity index (χ1) is 24.0. The van der Waals surface area contributed by atoms with E-state index in [1.807, 2.05) is 13.0 Å². The van der Waals surface area contributed by atoms with Gasteiger partial charge in [0.05, 0.1) is 38.3 Å². The van der Waals surface area contributed by atoms with Crippen LogP contribution in [0.15, 0.2) is 35.9 Å². The van der Waals surface area contributed by atoms with Crippen LogP contribution in [0.1, 0.15) is 52.5 Å². The highest BCUT2D eigenvalue weighted by Crippen LogP contribution is 2.49. The number of aliphatic hydroxyl groups is 1. The van der Waals surface area contributed by atoms with Gasteiger partial charge in [-0.25, -0.2) is 15.5 Å². The molecule has 15 nitrogen and oxygen atoms in total. The average molecular weight is 737 g/mol. The minimum absolute atomic E-state index is 0.0396. The fourth-order valence-electron chi connectivity index (χ4n) is 6.54. The maximum Gasteiger partial charge on any atom is 0.409 e. The lowest BCUT2D eigenvalue weighted by Gasteiger charge is -2.42. The molecule has 3 aliphatic heterocycles. The molecule has 8 atom stereocenters. The van der Waals surface area contributed by atoms with Gasteiger partial charge >= 0.3 is 12.1 Å². The number of rotatable bonds is 8.